The van der Waals surface area contributed by atoms with Gasteiger partial charge in [0.05, 0.1) is 12.8 Å². The normalized spacial score (nSPS) is 14.3. The van der Waals surface area contributed by atoms with Crippen molar-refractivity contribution < 1.29 is 14.3 Å². The standard InChI is InChI=1S/C19H16Cl2N2O3/c1-10-5-4-6-13(11(10)2)22-17-16(21)18(24)23(19(17)25)14-9-12(20)7-8-15(14)26-3/h4-9,22H,1-3H3. The van der Waals surface area contributed by atoms with Crippen LogP contribution in [0.4, 0.5) is 11.4 Å². The molecule has 0 fully saturated rings. The number of amides is 2. The number of nitrogens with one attached hydrogen (secondary N) is 1. The van der Waals surface area contributed by atoms with Crippen LogP contribution < -0.4 is 15.0 Å². The van der Waals surface area contributed by atoms with Gasteiger partial charge in [-0.15, -0.1) is 0 Å². The van der Waals surface area contributed by atoms with Gasteiger partial charge in [0.15, 0.2) is 0 Å². The molecule has 2 aromatic carbocycles. The number of hydrogen-bond donors (Lipinski definition) is 1. The zero-order valence-electron chi connectivity index (χ0n) is 14.4. The Morgan fingerprint density at radius 1 is 1.04 bits per heavy atom. The number of aryl methyl sites for hydroxylation is 1. The van der Waals surface area contributed by atoms with Crippen molar-refractivity contribution in [3.8, 4) is 5.75 Å². The van der Waals surface area contributed by atoms with E-state index in [2.05, 4.69) is 5.32 Å². The van der Waals surface area contributed by atoms with Gasteiger partial charge in [0.25, 0.3) is 11.8 Å². The Hall–Kier alpha value is -2.50. The van der Waals surface area contributed by atoms with Crippen LogP contribution in [0, 0.1) is 13.8 Å². The molecule has 0 spiro atoms. The highest BCUT2D eigenvalue weighted by Crippen LogP contribution is 2.37. The van der Waals surface area contributed by atoms with Crippen molar-refractivity contribution in [1.82, 2.24) is 0 Å². The van der Waals surface area contributed by atoms with Gasteiger partial charge in [-0.2, -0.15) is 0 Å². The summed E-state index contributed by atoms with van der Waals surface area (Å²) in [5.41, 5.74) is 2.98. The fourth-order valence-corrected chi connectivity index (χ4v) is 3.07. The summed E-state index contributed by atoms with van der Waals surface area (Å²) < 4.78 is 5.25. The van der Waals surface area contributed by atoms with Gasteiger partial charge in [-0.1, -0.05) is 35.3 Å². The topological polar surface area (TPSA) is 58.6 Å². The van der Waals surface area contributed by atoms with E-state index < -0.39 is 11.8 Å². The summed E-state index contributed by atoms with van der Waals surface area (Å²) in [7, 11) is 1.45. The smallest absolute Gasteiger partial charge is 0.283 e. The largest absolute Gasteiger partial charge is 0.495 e. The average molecular weight is 391 g/mol. The molecule has 134 valence electrons. The molecule has 3 rings (SSSR count). The summed E-state index contributed by atoms with van der Waals surface area (Å²) in [6.07, 6.45) is 0. The van der Waals surface area contributed by atoms with Gasteiger partial charge in [0.2, 0.25) is 0 Å². The van der Waals surface area contributed by atoms with E-state index in [0.717, 1.165) is 16.0 Å². The third-order valence-electron chi connectivity index (χ3n) is 4.27. The van der Waals surface area contributed by atoms with E-state index in [0.29, 0.717) is 16.5 Å². The molecule has 0 atom stereocenters. The quantitative estimate of drug-likeness (QED) is 0.785. The number of halogens is 2. The molecular weight excluding hydrogens is 375 g/mol. The third-order valence-corrected chi connectivity index (χ3v) is 4.86. The highest BCUT2D eigenvalue weighted by atomic mass is 35.5. The number of carbonyl (C=O) groups is 2. The van der Waals surface area contributed by atoms with Crippen LogP contribution in [0.15, 0.2) is 47.1 Å². The maximum Gasteiger partial charge on any atom is 0.283 e. The zero-order chi connectivity index (χ0) is 19.0. The Morgan fingerprint density at radius 2 is 1.77 bits per heavy atom. The second-order valence-corrected chi connectivity index (χ2v) is 6.64. The van der Waals surface area contributed by atoms with Crippen molar-refractivity contribution in [2.75, 3.05) is 17.3 Å². The summed E-state index contributed by atoms with van der Waals surface area (Å²) in [6, 6.07) is 10.3. The van der Waals surface area contributed by atoms with Crippen LogP contribution in [0.1, 0.15) is 11.1 Å². The Bertz CT molecular complexity index is 954. The van der Waals surface area contributed by atoms with E-state index in [-0.39, 0.29) is 16.4 Å². The number of anilines is 2. The number of benzene rings is 2. The predicted molar refractivity (Wildman–Crippen MR) is 103 cm³/mol. The lowest BCUT2D eigenvalue weighted by Crippen LogP contribution is -2.32. The maximum atomic E-state index is 12.9. The van der Waals surface area contributed by atoms with Gasteiger partial charge >= 0.3 is 0 Å². The number of rotatable bonds is 4. The number of imide groups is 1. The molecule has 7 heteroatoms. The minimum Gasteiger partial charge on any atom is -0.495 e. The van der Waals surface area contributed by atoms with Crippen molar-refractivity contribution in [1.29, 1.82) is 0 Å². The first kappa shape index (κ1) is 18.3. The molecule has 26 heavy (non-hydrogen) atoms. The van der Waals surface area contributed by atoms with Gasteiger partial charge in [-0.3, -0.25) is 9.59 Å². The number of carbonyl (C=O) groups excluding carboxylic acids is 2. The first-order chi connectivity index (χ1) is 12.3. The summed E-state index contributed by atoms with van der Waals surface area (Å²) in [5, 5.41) is 3.18. The van der Waals surface area contributed by atoms with Gasteiger partial charge in [0, 0.05) is 10.7 Å². The summed E-state index contributed by atoms with van der Waals surface area (Å²) in [4.78, 5) is 26.5. The number of methoxy groups -OCH3 is 1. The second-order valence-electron chi connectivity index (χ2n) is 5.82. The van der Waals surface area contributed by atoms with Gasteiger partial charge in [-0.25, -0.2) is 4.90 Å². The monoisotopic (exact) mass is 390 g/mol. The van der Waals surface area contributed by atoms with Crippen LogP contribution in [-0.4, -0.2) is 18.9 Å². The molecule has 2 amide bonds. The second kappa shape index (κ2) is 7.02. The number of hydrogen-bond acceptors (Lipinski definition) is 4. The minimum atomic E-state index is -0.634. The van der Waals surface area contributed by atoms with Gasteiger partial charge in [-0.05, 0) is 49.2 Å². The molecule has 5 nitrogen and oxygen atoms in total. The lowest BCUT2D eigenvalue weighted by molar-refractivity contribution is -0.120. The lowest BCUT2D eigenvalue weighted by Gasteiger charge is -2.18. The predicted octanol–water partition coefficient (Wildman–Crippen LogP) is 4.40. The van der Waals surface area contributed by atoms with Crippen LogP contribution in [0.3, 0.4) is 0 Å². The van der Waals surface area contributed by atoms with Crippen LogP contribution in [0.2, 0.25) is 5.02 Å². The number of nitrogens with zero attached hydrogens (tertiary/aromatic N) is 1. The van der Waals surface area contributed by atoms with Crippen molar-refractivity contribution in [3.05, 3.63) is 63.3 Å². The Kier molecular flexibility index (Phi) is 4.94. The maximum absolute atomic E-state index is 12.9. The minimum absolute atomic E-state index is 0.0207. The third kappa shape index (κ3) is 3.04. The molecule has 0 aliphatic carbocycles. The van der Waals surface area contributed by atoms with Gasteiger partial charge < -0.3 is 10.1 Å². The summed E-state index contributed by atoms with van der Waals surface area (Å²) in [6.45, 7) is 3.88. The SMILES string of the molecule is COc1ccc(Cl)cc1N1C(=O)C(Cl)=C(Nc2cccc(C)c2C)C1=O. The van der Waals surface area contributed by atoms with E-state index >= 15 is 0 Å². The molecule has 1 aliphatic rings. The molecule has 0 unspecified atom stereocenters. The molecule has 1 N–H and O–H groups in total. The van der Waals surface area contributed by atoms with E-state index in [9.17, 15) is 9.59 Å². The van der Waals surface area contributed by atoms with E-state index in [1.54, 1.807) is 12.1 Å². The van der Waals surface area contributed by atoms with E-state index in [1.165, 1.54) is 13.2 Å². The Balaban J connectivity index is 2.01. The molecule has 0 saturated heterocycles. The van der Waals surface area contributed by atoms with Crippen LogP contribution in [0.25, 0.3) is 0 Å². The lowest BCUT2D eigenvalue weighted by atomic mass is 10.1. The van der Waals surface area contributed by atoms with Gasteiger partial charge in [0.1, 0.15) is 16.5 Å². The molecule has 2 aromatic rings. The zero-order valence-corrected chi connectivity index (χ0v) is 15.9. The van der Waals surface area contributed by atoms with E-state index in [4.69, 9.17) is 27.9 Å². The van der Waals surface area contributed by atoms with Crippen molar-refractivity contribution >= 4 is 46.4 Å². The molecule has 0 radical (unpaired) electrons. The number of ether oxygens (including phenoxy) is 1. The molecule has 1 heterocycles. The first-order valence-electron chi connectivity index (χ1n) is 7.80. The van der Waals surface area contributed by atoms with Crippen LogP contribution in [0.5, 0.6) is 5.75 Å². The highest BCUT2D eigenvalue weighted by molar-refractivity contribution is 6.53. The fourth-order valence-electron chi connectivity index (χ4n) is 2.69. The molecular formula is C19H16Cl2N2O3. The Labute approximate surface area is 161 Å². The molecule has 0 aromatic heterocycles. The van der Waals surface area contributed by atoms with Crippen LogP contribution in [-0.2, 0) is 9.59 Å². The van der Waals surface area contributed by atoms with Crippen molar-refractivity contribution in [2.24, 2.45) is 0 Å². The van der Waals surface area contributed by atoms with Crippen LogP contribution >= 0.6 is 23.2 Å². The molecule has 0 saturated carbocycles. The molecule has 1 aliphatic heterocycles. The first-order valence-corrected chi connectivity index (χ1v) is 8.56. The highest BCUT2D eigenvalue weighted by Gasteiger charge is 2.40. The van der Waals surface area contributed by atoms with Crippen molar-refractivity contribution in [2.45, 2.75) is 13.8 Å². The van der Waals surface area contributed by atoms with Crippen molar-refractivity contribution in [3.63, 3.8) is 0 Å². The average Bonchev–Trinajstić information content (AvgIpc) is 2.82. The fraction of sp³-hybridized carbons (Fsp3) is 0.158. The Morgan fingerprint density at radius 3 is 2.46 bits per heavy atom. The summed E-state index contributed by atoms with van der Waals surface area (Å²) in [5.74, 6) is -0.861. The molecule has 0 bridgehead atoms. The van der Waals surface area contributed by atoms with E-state index in [1.807, 2.05) is 32.0 Å². The summed E-state index contributed by atoms with van der Waals surface area (Å²) >= 11 is 12.2.